The molecule has 0 aromatic heterocycles. The Morgan fingerprint density at radius 1 is 1.41 bits per heavy atom. The lowest BCUT2D eigenvalue weighted by atomic mass is 9.83. The van der Waals surface area contributed by atoms with Crippen molar-refractivity contribution in [3.05, 3.63) is 0 Å². The number of carboxylic acids is 1. The van der Waals surface area contributed by atoms with Gasteiger partial charge in [0.05, 0.1) is 12.5 Å². The zero-order valence-corrected chi connectivity index (χ0v) is 10.3. The predicted molar refractivity (Wildman–Crippen MR) is 64.4 cm³/mol. The van der Waals surface area contributed by atoms with Crippen LogP contribution >= 0.6 is 0 Å². The number of carbonyl (C=O) groups excluding carboxylic acids is 1. The molecular formula is C12H22N2O3. The number of hydrogen-bond donors (Lipinski definition) is 3. The van der Waals surface area contributed by atoms with Gasteiger partial charge in [0.15, 0.2) is 0 Å². The molecule has 3 atom stereocenters. The molecule has 0 aliphatic heterocycles. The molecule has 0 heterocycles. The number of carbonyl (C=O) groups is 2. The maximum absolute atomic E-state index is 11.7. The predicted octanol–water partition coefficient (Wildman–Crippen LogP) is 0.873. The van der Waals surface area contributed by atoms with E-state index in [0.29, 0.717) is 5.92 Å². The van der Waals surface area contributed by atoms with E-state index in [1.807, 2.05) is 0 Å². The van der Waals surface area contributed by atoms with E-state index in [9.17, 15) is 9.59 Å². The highest BCUT2D eigenvalue weighted by Crippen LogP contribution is 2.26. The van der Waals surface area contributed by atoms with Crippen molar-refractivity contribution in [2.24, 2.45) is 11.7 Å². The topological polar surface area (TPSA) is 92.4 Å². The second-order valence-electron chi connectivity index (χ2n) is 4.77. The molecule has 5 nitrogen and oxygen atoms in total. The first-order valence-electron chi connectivity index (χ1n) is 6.32. The van der Waals surface area contributed by atoms with E-state index < -0.39 is 12.0 Å². The van der Waals surface area contributed by atoms with Gasteiger partial charge in [0.1, 0.15) is 0 Å². The highest BCUT2D eigenvalue weighted by molar-refractivity contribution is 5.86. The zero-order valence-electron chi connectivity index (χ0n) is 10.3. The van der Waals surface area contributed by atoms with Crippen molar-refractivity contribution in [1.29, 1.82) is 0 Å². The SMILES string of the molecule is CCC1CCCCC1NC(=O)C(N)CC(=O)O. The lowest BCUT2D eigenvalue weighted by Gasteiger charge is -2.32. The normalized spacial score (nSPS) is 26.2. The van der Waals surface area contributed by atoms with Gasteiger partial charge in [-0.25, -0.2) is 0 Å². The van der Waals surface area contributed by atoms with E-state index in [2.05, 4.69) is 12.2 Å². The Hall–Kier alpha value is -1.10. The quantitative estimate of drug-likeness (QED) is 0.667. The van der Waals surface area contributed by atoms with Gasteiger partial charge in [-0.2, -0.15) is 0 Å². The number of amides is 1. The second kappa shape index (κ2) is 6.59. The van der Waals surface area contributed by atoms with E-state index in [-0.39, 0.29) is 18.4 Å². The summed E-state index contributed by atoms with van der Waals surface area (Å²) in [5.41, 5.74) is 5.53. The first-order valence-corrected chi connectivity index (χ1v) is 6.32. The van der Waals surface area contributed by atoms with Gasteiger partial charge in [0, 0.05) is 6.04 Å². The van der Waals surface area contributed by atoms with Crippen LogP contribution in [0.5, 0.6) is 0 Å². The average Bonchev–Trinajstić information content (AvgIpc) is 2.28. The summed E-state index contributed by atoms with van der Waals surface area (Å²) >= 11 is 0. The van der Waals surface area contributed by atoms with Crippen LogP contribution in [0.3, 0.4) is 0 Å². The molecule has 0 aromatic rings. The summed E-state index contributed by atoms with van der Waals surface area (Å²) in [6, 6.07) is -0.770. The molecule has 0 spiro atoms. The molecule has 1 saturated carbocycles. The van der Waals surface area contributed by atoms with Gasteiger partial charge in [-0.1, -0.05) is 26.2 Å². The van der Waals surface area contributed by atoms with Crippen LogP contribution in [0.25, 0.3) is 0 Å². The monoisotopic (exact) mass is 242 g/mol. The minimum absolute atomic E-state index is 0.168. The van der Waals surface area contributed by atoms with Crippen LogP contribution in [-0.2, 0) is 9.59 Å². The lowest BCUT2D eigenvalue weighted by Crippen LogP contribution is -2.49. The number of nitrogens with one attached hydrogen (secondary N) is 1. The third-order valence-corrected chi connectivity index (χ3v) is 3.49. The van der Waals surface area contributed by atoms with Gasteiger partial charge >= 0.3 is 5.97 Å². The number of aliphatic carboxylic acids is 1. The Balaban J connectivity index is 2.45. The summed E-state index contributed by atoms with van der Waals surface area (Å²) in [6.07, 6.45) is 5.18. The van der Waals surface area contributed by atoms with Crippen LogP contribution in [0.2, 0.25) is 0 Å². The van der Waals surface area contributed by atoms with Crippen molar-refractivity contribution in [1.82, 2.24) is 5.32 Å². The standard InChI is InChI=1S/C12H22N2O3/c1-2-8-5-3-4-6-10(8)14-12(17)9(13)7-11(15)16/h8-10H,2-7,13H2,1H3,(H,14,17)(H,15,16). The molecule has 0 radical (unpaired) electrons. The fraction of sp³-hybridized carbons (Fsp3) is 0.833. The number of rotatable bonds is 5. The van der Waals surface area contributed by atoms with E-state index in [1.165, 1.54) is 6.42 Å². The van der Waals surface area contributed by atoms with Crippen molar-refractivity contribution in [3.63, 3.8) is 0 Å². The minimum Gasteiger partial charge on any atom is -0.481 e. The van der Waals surface area contributed by atoms with E-state index in [1.54, 1.807) is 0 Å². The van der Waals surface area contributed by atoms with Gasteiger partial charge in [0.2, 0.25) is 5.91 Å². The summed E-state index contributed by atoms with van der Waals surface area (Å²) in [5, 5.41) is 11.5. The molecule has 4 N–H and O–H groups in total. The zero-order chi connectivity index (χ0) is 12.8. The highest BCUT2D eigenvalue weighted by atomic mass is 16.4. The fourth-order valence-electron chi connectivity index (χ4n) is 2.46. The highest BCUT2D eigenvalue weighted by Gasteiger charge is 2.27. The first kappa shape index (κ1) is 14.0. The molecule has 3 unspecified atom stereocenters. The molecule has 5 heteroatoms. The Morgan fingerprint density at radius 3 is 2.65 bits per heavy atom. The van der Waals surface area contributed by atoms with Crippen LogP contribution in [0, 0.1) is 5.92 Å². The van der Waals surface area contributed by atoms with Crippen molar-refractivity contribution >= 4 is 11.9 Å². The fourth-order valence-corrected chi connectivity index (χ4v) is 2.46. The first-order chi connectivity index (χ1) is 8.04. The molecule has 0 aromatic carbocycles. The molecule has 1 aliphatic rings. The summed E-state index contributed by atoms with van der Waals surface area (Å²) in [6.45, 7) is 2.12. The van der Waals surface area contributed by atoms with Gasteiger partial charge in [-0.15, -0.1) is 0 Å². The van der Waals surface area contributed by atoms with Crippen LogP contribution in [0.4, 0.5) is 0 Å². The van der Waals surface area contributed by atoms with Crippen molar-refractivity contribution in [2.75, 3.05) is 0 Å². The summed E-state index contributed by atoms with van der Waals surface area (Å²) in [7, 11) is 0. The Morgan fingerprint density at radius 2 is 2.06 bits per heavy atom. The summed E-state index contributed by atoms with van der Waals surface area (Å²) in [5.74, 6) is -0.870. The average molecular weight is 242 g/mol. The van der Waals surface area contributed by atoms with Crippen molar-refractivity contribution in [2.45, 2.75) is 57.5 Å². The summed E-state index contributed by atoms with van der Waals surface area (Å²) < 4.78 is 0. The Labute approximate surface area is 102 Å². The molecule has 98 valence electrons. The van der Waals surface area contributed by atoms with Crippen LogP contribution in [0.1, 0.15) is 45.4 Å². The minimum atomic E-state index is -1.04. The third-order valence-electron chi connectivity index (χ3n) is 3.49. The van der Waals surface area contributed by atoms with Gasteiger partial charge < -0.3 is 16.2 Å². The lowest BCUT2D eigenvalue weighted by molar-refractivity contribution is -0.139. The van der Waals surface area contributed by atoms with Crippen LogP contribution < -0.4 is 11.1 Å². The van der Waals surface area contributed by atoms with Gasteiger partial charge in [-0.3, -0.25) is 9.59 Å². The molecule has 0 saturated heterocycles. The molecule has 1 amide bonds. The number of hydrogen-bond acceptors (Lipinski definition) is 3. The second-order valence-corrected chi connectivity index (χ2v) is 4.77. The molecule has 0 bridgehead atoms. The molecule has 1 aliphatic carbocycles. The van der Waals surface area contributed by atoms with Crippen molar-refractivity contribution in [3.8, 4) is 0 Å². The summed E-state index contributed by atoms with van der Waals surface area (Å²) in [4.78, 5) is 22.2. The Bertz CT molecular complexity index is 281. The van der Waals surface area contributed by atoms with Gasteiger partial charge in [0.25, 0.3) is 0 Å². The largest absolute Gasteiger partial charge is 0.481 e. The third kappa shape index (κ3) is 4.34. The maximum atomic E-state index is 11.7. The van der Waals surface area contributed by atoms with Crippen LogP contribution in [0.15, 0.2) is 0 Å². The molecule has 1 fully saturated rings. The Kier molecular flexibility index (Phi) is 5.41. The van der Waals surface area contributed by atoms with Crippen LogP contribution in [-0.4, -0.2) is 29.1 Å². The molecule has 17 heavy (non-hydrogen) atoms. The number of carboxylic acid groups (broad SMARTS) is 1. The number of nitrogens with two attached hydrogens (primary N) is 1. The maximum Gasteiger partial charge on any atom is 0.305 e. The van der Waals surface area contributed by atoms with E-state index in [0.717, 1.165) is 25.7 Å². The van der Waals surface area contributed by atoms with Crippen molar-refractivity contribution < 1.29 is 14.7 Å². The molecule has 1 rings (SSSR count). The molecular weight excluding hydrogens is 220 g/mol. The van der Waals surface area contributed by atoms with E-state index >= 15 is 0 Å². The van der Waals surface area contributed by atoms with Gasteiger partial charge in [-0.05, 0) is 18.8 Å². The van der Waals surface area contributed by atoms with E-state index in [4.69, 9.17) is 10.8 Å². The smallest absolute Gasteiger partial charge is 0.305 e.